The van der Waals surface area contributed by atoms with Gasteiger partial charge in [0.05, 0.1) is 23.3 Å². The molecule has 0 radical (unpaired) electrons. The number of hydrogen-bond donors (Lipinski definition) is 2. The number of hydrogen-bond acceptors (Lipinski definition) is 6. The number of amidine groups is 2. The Morgan fingerprint density at radius 1 is 0.415 bits per heavy atom. The maximum atomic E-state index is 11.6. The molecule has 53 heavy (non-hydrogen) atoms. The second-order valence-corrected chi connectivity index (χ2v) is 12.0. The number of nitrogens with zero attached hydrogens (tertiary/aromatic N) is 2. The van der Waals surface area contributed by atoms with Gasteiger partial charge in [0.1, 0.15) is 11.7 Å². The van der Waals surface area contributed by atoms with Crippen LogP contribution < -0.4 is 20.8 Å². The number of nitrogens with one attached hydrogen (secondary N) is 2. The predicted octanol–water partition coefficient (Wildman–Crippen LogP) is 7.71. The molecule has 0 aliphatic heterocycles. The number of benzene rings is 6. The number of carbonyl (C=O) groups is 2. The third kappa shape index (κ3) is 10.4. The fourth-order valence-electron chi connectivity index (χ4n) is 5.35. The van der Waals surface area contributed by atoms with Crippen LogP contribution >= 0.6 is 0 Å². The van der Waals surface area contributed by atoms with Gasteiger partial charge >= 0.3 is 16.5 Å². The molecule has 6 aromatic carbocycles. The average molecular weight is 746 g/mol. The molecule has 0 heterocycles. The van der Waals surface area contributed by atoms with Crippen molar-refractivity contribution >= 4 is 46.4 Å². The number of carbonyl (C=O) groups excluding carboxylic acids is 2. The number of carboxylic acids is 2. The van der Waals surface area contributed by atoms with Crippen molar-refractivity contribution in [3.8, 4) is 0 Å². The van der Waals surface area contributed by atoms with E-state index in [2.05, 4.69) is 10.6 Å². The number of aryl methyl sites for hydroxylation is 4. The fraction of sp³-hybridized carbons (Fsp3) is 0.0909. The summed E-state index contributed by atoms with van der Waals surface area (Å²) >= 11 is 0. The van der Waals surface area contributed by atoms with Crippen molar-refractivity contribution < 1.29 is 36.3 Å². The van der Waals surface area contributed by atoms with Gasteiger partial charge < -0.3 is 30.4 Å². The smallest absolute Gasteiger partial charge is 0.545 e. The topological polar surface area (TPSA) is 129 Å². The molecule has 0 fully saturated rings. The molecule has 0 aromatic heterocycles. The monoisotopic (exact) mass is 744 g/mol. The molecule has 268 valence electrons. The van der Waals surface area contributed by atoms with Gasteiger partial charge in [-0.3, -0.25) is 0 Å². The van der Waals surface area contributed by atoms with Crippen molar-refractivity contribution in [2.75, 3.05) is 10.6 Å². The first-order valence-corrected chi connectivity index (χ1v) is 16.7. The molecule has 0 spiro atoms. The van der Waals surface area contributed by atoms with Crippen LogP contribution in [0.3, 0.4) is 0 Å². The van der Waals surface area contributed by atoms with Gasteiger partial charge in [-0.15, -0.1) is 0 Å². The number of para-hydroxylation sites is 4. The van der Waals surface area contributed by atoms with Crippen molar-refractivity contribution in [2.45, 2.75) is 27.7 Å². The van der Waals surface area contributed by atoms with Crippen LogP contribution in [0.25, 0.3) is 0 Å². The fourth-order valence-corrected chi connectivity index (χ4v) is 5.35. The second kappa shape index (κ2) is 18.8. The quantitative estimate of drug-likeness (QED) is 0.0934. The molecule has 0 saturated heterocycles. The molecular weight excluding hydrogens is 707 g/mol. The summed E-state index contributed by atoms with van der Waals surface area (Å²) in [6.07, 6.45) is 0. The van der Waals surface area contributed by atoms with Gasteiger partial charge in [0.25, 0.3) is 0 Å². The normalized spacial score (nSPS) is 11.0. The zero-order chi connectivity index (χ0) is 37.0. The van der Waals surface area contributed by atoms with Gasteiger partial charge in [0, 0.05) is 33.6 Å². The van der Waals surface area contributed by atoms with Crippen molar-refractivity contribution in [3.05, 3.63) is 190 Å². The number of aromatic carboxylic acids is 2. The van der Waals surface area contributed by atoms with Gasteiger partial charge in [-0.25, -0.2) is 9.98 Å². The minimum atomic E-state index is -1.23. The van der Waals surface area contributed by atoms with Crippen LogP contribution in [0.2, 0.25) is 0 Å². The van der Waals surface area contributed by atoms with Crippen LogP contribution in [-0.2, 0) is 16.5 Å². The Labute approximate surface area is 319 Å². The number of aliphatic imine (C=N–C) groups is 2. The van der Waals surface area contributed by atoms with E-state index in [1.54, 1.807) is 36.4 Å². The third-order valence-electron chi connectivity index (χ3n) is 8.30. The molecule has 8 nitrogen and oxygen atoms in total. The van der Waals surface area contributed by atoms with Gasteiger partial charge in [-0.05, 0) is 74.2 Å². The number of carboxylic acid groups (broad SMARTS) is 2. The van der Waals surface area contributed by atoms with Crippen molar-refractivity contribution in [3.63, 3.8) is 0 Å². The molecule has 0 atom stereocenters. The molecule has 6 aromatic rings. The van der Waals surface area contributed by atoms with E-state index in [0.29, 0.717) is 22.8 Å². The Hall–Kier alpha value is -6.31. The number of rotatable bonds is 8. The van der Waals surface area contributed by atoms with E-state index in [-0.39, 0.29) is 27.6 Å². The second-order valence-electron chi connectivity index (χ2n) is 12.0. The zero-order valence-electron chi connectivity index (χ0n) is 29.7. The van der Waals surface area contributed by atoms with Crippen molar-refractivity contribution in [1.29, 1.82) is 0 Å². The van der Waals surface area contributed by atoms with Crippen molar-refractivity contribution in [2.24, 2.45) is 9.98 Å². The van der Waals surface area contributed by atoms with Crippen molar-refractivity contribution in [1.82, 2.24) is 0 Å². The molecular formula is C44H38N4NiO4. The van der Waals surface area contributed by atoms with E-state index in [9.17, 15) is 19.8 Å². The summed E-state index contributed by atoms with van der Waals surface area (Å²) in [5.41, 5.74) is 8.53. The molecule has 6 rings (SSSR count). The van der Waals surface area contributed by atoms with E-state index < -0.39 is 11.9 Å². The summed E-state index contributed by atoms with van der Waals surface area (Å²) < 4.78 is 0. The van der Waals surface area contributed by atoms with E-state index in [1.165, 1.54) is 12.1 Å². The zero-order valence-corrected chi connectivity index (χ0v) is 30.7. The summed E-state index contributed by atoms with van der Waals surface area (Å²) in [5.74, 6) is -1.53. The minimum Gasteiger partial charge on any atom is -0.545 e. The average Bonchev–Trinajstić information content (AvgIpc) is 3.14. The molecule has 0 unspecified atom stereocenters. The van der Waals surface area contributed by atoms with Crippen LogP contribution in [0.15, 0.2) is 156 Å². The number of anilines is 2. The van der Waals surface area contributed by atoms with Gasteiger partial charge in [-0.2, -0.15) is 0 Å². The third-order valence-corrected chi connectivity index (χ3v) is 8.30. The first-order chi connectivity index (χ1) is 25.1. The Bertz CT molecular complexity index is 2120. The molecule has 0 amide bonds. The molecule has 0 aliphatic carbocycles. The van der Waals surface area contributed by atoms with E-state index in [1.807, 2.05) is 125 Å². The van der Waals surface area contributed by atoms with E-state index >= 15 is 0 Å². The SMILES string of the molecule is Cc1ccccc1N=C(Nc1ccccc1C)c1ccccc1C(=O)[O-].Cc1ccccc1N=C(Nc1ccccc1C)c1ccccc1C(=O)[O-].[Ni+2]. The van der Waals surface area contributed by atoms with Crippen LogP contribution in [0.1, 0.15) is 54.1 Å². The standard InChI is InChI=1S/2C22H20N2O2.Ni/c2*1-15-9-3-7-13-19(15)23-21(24-20-14-8-4-10-16(20)2)17-11-5-6-12-18(17)22(25)26;/h2*3-14H,1-2H3,(H,23,24)(H,25,26);/q;;+2/p-2. The molecule has 0 aliphatic rings. The molecule has 0 bridgehead atoms. The Balaban J connectivity index is 0.000000232. The van der Waals surface area contributed by atoms with Gasteiger partial charge in [0.15, 0.2) is 0 Å². The Morgan fingerprint density at radius 2 is 0.698 bits per heavy atom. The molecule has 2 N–H and O–H groups in total. The first kappa shape index (κ1) is 39.5. The summed E-state index contributed by atoms with van der Waals surface area (Å²) in [6.45, 7) is 7.90. The predicted molar refractivity (Wildman–Crippen MR) is 206 cm³/mol. The summed E-state index contributed by atoms with van der Waals surface area (Å²) in [5, 5.41) is 29.7. The molecule has 9 heteroatoms. The molecule has 0 saturated carbocycles. The van der Waals surface area contributed by atoms with Crippen LogP contribution in [-0.4, -0.2) is 23.6 Å². The summed E-state index contributed by atoms with van der Waals surface area (Å²) in [6, 6.07) is 44.4. The van der Waals surface area contributed by atoms with Crippen LogP contribution in [0, 0.1) is 27.7 Å². The maximum absolute atomic E-state index is 11.6. The van der Waals surface area contributed by atoms with Crippen LogP contribution in [0.5, 0.6) is 0 Å². The van der Waals surface area contributed by atoms with Crippen LogP contribution in [0.4, 0.5) is 22.7 Å². The first-order valence-electron chi connectivity index (χ1n) is 16.7. The minimum absolute atomic E-state index is 0. The maximum Gasteiger partial charge on any atom is 2.00 e. The Kier molecular flexibility index (Phi) is 14.0. The largest absolute Gasteiger partial charge is 2.00 e. The van der Waals surface area contributed by atoms with Gasteiger partial charge in [-0.1, -0.05) is 121 Å². The van der Waals surface area contributed by atoms with E-state index in [4.69, 9.17) is 9.98 Å². The van der Waals surface area contributed by atoms with E-state index in [0.717, 1.165) is 45.0 Å². The van der Waals surface area contributed by atoms with Gasteiger partial charge in [0.2, 0.25) is 0 Å². The summed E-state index contributed by atoms with van der Waals surface area (Å²) in [7, 11) is 0. The Morgan fingerprint density at radius 3 is 1.02 bits per heavy atom. The summed E-state index contributed by atoms with van der Waals surface area (Å²) in [4.78, 5) is 32.6.